The molecule has 1 aromatic rings. The number of imide groups is 1. The van der Waals surface area contributed by atoms with E-state index in [1.54, 1.807) is 12.1 Å². The van der Waals surface area contributed by atoms with E-state index in [2.05, 4.69) is 5.32 Å². The topological polar surface area (TPSA) is 111 Å². The smallest absolute Gasteiger partial charge is 0.308 e. The number of fused-ring (bicyclic) bond motifs is 2. The lowest BCUT2D eigenvalue weighted by Crippen LogP contribution is -2.37. The third kappa shape index (κ3) is 4.50. The Morgan fingerprint density at radius 2 is 1.81 bits per heavy atom. The number of ether oxygens (including phenoxy) is 3. The van der Waals surface area contributed by atoms with Crippen LogP contribution in [0.3, 0.4) is 0 Å². The van der Waals surface area contributed by atoms with Crippen molar-refractivity contribution in [2.45, 2.75) is 51.7 Å². The van der Waals surface area contributed by atoms with Gasteiger partial charge in [0.05, 0.1) is 18.3 Å². The summed E-state index contributed by atoms with van der Waals surface area (Å²) in [5, 5.41) is 2.71. The number of esters is 1. The SMILES string of the molecule is CC(OC(=O)CCN1C(=O)C2CCCCC2C1=O)C(=O)NCc1ccc2c(c1)OCO2. The van der Waals surface area contributed by atoms with E-state index >= 15 is 0 Å². The molecule has 1 saturated heterocycles. The number of nitrogens with one attached hydrogen (secondary N) is 1. The zero-order valence-corrected chi connectivity index (χ0v) is 17.4. The number of nitrogens with zero attached hydrogens (tertiary/aromatic N) is 1. The highest BCUT2D eigenvalue weighted by Gasteiger charge is 2.47. The minimum atomic E-state index is -0.992. The van der Waals surface area contributed by atoms with Crippen LogP contribution in [0.1, 0.15) is 44.6 Å². The highest BCUT2D eigenvalue weighted by molar-refractivity contribution is 6.05. The molecule has 1 aromatic carbocycles. The molecule has 3 unspecified atom stereocenters. The maximum Gasteiger partial charge on any atom is 0.308 e. The van der Waals surface area contributed by atoms with Crippen molar-refractivity contribution in [3.8, 4) is 11.5 Å². The highest BCUT2D eigenvalue weighted by Crippen LogP contribution is 2.38. The van der Waals surface area contributed by atoms with Crippen LogP contribution >= 0.6 is 0 Å². The maximum absolute atomic E-state index is 12.5. The zero-order valence-electron chi connectivity index (χ0n) is 17.4. The van der Waals surface area contributed by atoms with Gasteiger partial charge in [0, 0.05) is 13.1 Å². The molecule has 2 fully saturated rings. The Morgan fingerprint density at radius 3 is 2.52 bits per heavy atom. The normalized spacial score (nSPS) is 22.8. The molecule has 0 aromatic heterocycles. The summed E-state index contributed by atoms with van der Waals surface area (Å²) >= 11 is 0. The van der Waals surface area contributed by atoms with Crippen LogP contribution < -0.4 is 14.8 Å². The van der Waals surface area contributed by atoms with Gasteiger partial charge in [-0.2, -0.15) is 0 Å². The first-order chi connectivity index (χ1) is 14.9. The molecular weight excluding hydrogens is 404 g/mol. The van der Waals surface area contributed by atoms with Crippen molar-refractivity contribution in [1.29, 1.82) is 0 Å². The molecular formula is C22H26N2O7. The molecule has 166 valence electrons. The molecule has 0 spiro atoms. The van der Waals surface area contributed by atoms with Gasteiger partial charge in [-0.25, -0.2) is 0 Å². The maximum atomic E-state index is 12.5. The van der Waals surface area contributed by atoms with Crippen LogP contribution in [-0.2, 0) is 30.5 Å². The Balaban J connectivity index is 1.21. The van der Waals surface area contributed by atoms with Gasteiger partial charge in [0.2, 0.25) is 18.6 Å². The second kappa shape index (κ2) is 8.95. The third-order valence-electron chi connectivity index (χ3n) is 6.05. The van der Waals surface area contributed by atoms with Crippen LogP contribution in [-0.4, -0.2) is 48.0 Å². The van der Waals surface area contributed by atoms with Crippen LogP contribution in [0.2, 0.25) is 0 Å². The molecule has 2 heterocycles. The van der Waals surface area contributed by atoms with Crippen molar-refractivity contribution in [2.75, 3.05) is 13.3 Å². The first kappa shape index (κ1) is 21.1. The Kier molecular flexibility index (Phi) is 6.11. The molecule has 2 aliphatic heterocycles. The van der Waals surface area contributed by atoms with E-state index in [0.717, 1.165) is 31.2 Å². The Bertz CT molecular complexity index is 876. The molecule has 1 aliphatic carbocycles. The summed E-state index contributed by atoms with van der Waals surface area (Å²) in [5.74, 6) is -0.624. The van der Waals surface area contributed by atoms with Crippen molar-refractivity contribution < 1.29 is 33.4 Å². The molecule has 3 amide bonds. The summed E-state index contributed by atoms with van der Waals surface area (Å²) in [4.78, 5) is 50.5. The largest absolute Gasteiger partial charge is 0.454 e. The first-order valence-electron chi connectivity index (χ1n) is 10.6. The third-order valence-corrected chi connectivity index (χ3v) is 6.05. The average Bonchev–Trinajstić information content (AvgIpc) is 3.33. The molecule has 0 radical (unpaired) electrons. The second-order valence-corrected chi connectivity index (χ2v) is 8.11. The molecule has 9 heteroatoms. The molecule has 4 rings (SSSR count). The summed E-state index contributed by atoms with van der Waals surface area (Å²) < 4.78 is 15.7. The molecule has 9 nitrogen and oxygen atoms in total. The van der Waals surface area contributed by atoms with E-state index in [0.29, 0.717) is 11.5 Å². The van der Waals surface area contributed by atoms with E-state index in [1.807, 2.05) is 6.07 Å². The van der Waals surface area contributed by atoms with Crippen LogP contribution in [0.25, 0.3) is 0 Å². The fourth-order valence-corrected chi connectivity index (χ4v) is 4.35. The fraction of sp³-hybridized carbons (Fsp3) is 0.545. The first-order valence-corrected chi connectivity index (χ1v) is 10.6. The molecule has 1 saturated carbocycles. The summed E-state index contributed by atoms with van der Waals surface area (Å²) in [6.45, 7) is 1.90. The minimum absolute atomic E-state index is 0.00493. The van der Waals surface area contributed by atoms with Crippen molar-refractivity contribution in [2.24, 2.45) is 11.8 Å². The zero-order chi connectivity index (χ0) is 22.0. The molecule has 31 heavy (non-hydrogen) atoms. The van der Waals surface area contributed by atoms with Gasteiger partial charge >= 0.3 is 5.97 Å². The van der Waals surface area contributed by atoms with E-state index in [4.69, 9.17) is 14.2 Å². The van der Waals surface area contributed by atoms with Crippen LogP contribution in [0.4, 0.5) is 0 Å². The number of rotatable bonds is 7. The van der Waals surface area contributed by atoms with Crippen molar-refractivity contribution >= 4 is 23.7 Å². The number of hydrogen-bond acceptors (Lipinski definition) is 7. The van der Waals surface area contributed by atoms with Crippen LogP contribution in [0.5, 0.6) is 11.5 Å². The summed E-state index contributed by atoms with van der Waals surface area (Å²) in [6.07, 6.45) is 2.25. The van der Waals surface area contributed by atoms with Gasteiger partial charge in [-0.05, 0) is 37.5 Å². The lowest BCUT2D eigenvalue weighted by molar-refractivity contribution is -0.155. The van der Waals surface area contributed by atoms with Crippen LogP contribution in [0.15, 0.2) is 18.2 Å². The number of carbonyl (C=O) groups excluding carboxylic acids is 4. The van der Waals surface area contributed by atoms with E-state index in [9.17, 15) is 19.2 Å². The van der Waals surface area contributed by atoms with E-state index < -0.39 is 18.0 Å². The number of hydrogen-bond donors (Lipinski definition) is 1. The number of amides is 3. The van der Waals surface area contributed by atoms with E-state index in [1.165, 1.54) is 11.8 Å². The predicted octanol–water partition coefficient (Wildman–Crippen LogP) is 1.53. The van der Waals surface area contributed by atoms with Gasteiger partial charge in [-0.1, -0.05) is 18.9 Å². The number of likely N-dealkylation sites (tertiary alicyclic amines) is 1. The monoisotopic (exact) mass is 430 g/mol. The summed E-state index contributed by atoms with van der Waals surface area (Å²) in [7, 11) is 0. The summed E-state index contributed by atoms with van der Waals surface area (Å²) in [6, 6.07) is 5.36. The number of carbonyl (C=O) groups is 4. The van der Waals surface area contributed by atoms with Gasteiger partial charge in [0.1, 0.15) is 0 Å². The molecule has 3 aliphatic rings. The lowest BCUT2D eigenvalue weighted by atomic mass is 9.81. The lowest BCUT2D eigenvalue weighted by Gasteiger charge is -2.19. The Labute approximate surface area is 180 Å². The van der Waals surface area contributed by atoms with Gasteiger partial charge in [0.15, 0.2) is 17.6 Å². The van der Waals surface area contributed by atoms with Crippen molar-refractivity contribution in [1.82, 2.24) is 10.2 Å². The second-order valence-electron chi connectivity index (χ2n) is 8.11. The Morgan fingerprint density at radius 1 is 1.13 bits per heavy atom. The minimum Gasteiger partial charge on any atom is -0.454 e. The van der Waals surface area contributed by atoms with Crippen molar-refractivity contribution in [3.63, 3.8) is 0 Å². The predicted molar refractivity (Wildman–Crippen MR) is 107 cm³/mol. The summed E-state index contributed by atoms with van der Waals surface area (Å²) in [5.41, 5.74) is 0.823. The van der Waals surface area contributed by atoms with Gasteiger partial charge < -0.3 is 19.5 Å². The van der Waals surface area contributed by atoms with E-state index in [-0.39, 0.29) is 50.0 Å². The molecule has 0 bridgehead atoms. The Hall–Kier alpha value is -3.10. The molecule has 1 N–H and O–H groups in total. The quantitative estimate of drug-likeness (QED) is 0.516. The number of benzene rings is 1. The van der Waals surface area contributed by atoms with Crippen LogP contribution in [0, 0.1) is 11.8 Å². The van der Waals surface area contributed by atoms with Gasteiger partial charge in [-0.15, -0.1) is 0 Å². The fourth-order valence-electron chi connectivity index (χ4n) is 4.35. The average molecular weight is 430 g/mol. The van der Waals surface area contributed by atoms with Crippen molar-refractivity contribution in [3.05, 3.63) is 23.8 Å². The molecule has 3 atom stereocenters. The van der Waals surface area contributed by atoms with Gasteiger partial charge in [0.25, 0.3) is 5.91 Å². The van der Waals surface area contributed by atoms with Gasteiger partial charge in [-0.3, -0.25) is 24.1 Å². The standard InChI is InChI=1S/C22H26N2O7/c1-13(20(26)23-11-14-6-7-17-18(10-14)30-12-29-17)31-19(25)8-9-24-21(27)15-4-2-3-5-16(15)22(24)28/h6-7,10,13,15-16H,2-5,8-9,11-12H2,1H3,(H,23,26). The highest BCUT2D eigenvalue weighted by atomic mass is 16.7.